The highest BCUT2D eigenvalue weighted by Crippen LogP contribution is 2.22. The van der Waals surface area contributed by atoms with Crippen LogP contribution < -0.4 is 4.90 Å². The Balaban J connectivity index is 1.96. The molecule has 0 N–H and O–H groups in total. The van der Waals surface area contributed by atoms with Crippen molar-refractivity contribution in [3.63, 3.8) is 0 Å². The van der Waals surface area contributed by atoms with E-state index in [0.29, 0.717) is 0 Å². The molecular weight excluding hydrogens is 336 g/mol. The number of piperazine rings is 1. The molecule has 1 fully saturated rings. The molecule has 1 aliphatic rings. The van der Waals surface area contributed by atoms with E-state index in [1.54, 1.807) is 12.5 Å². The average molecular weight is 350 g/mol. The van der Waals surface area contributed by atoms with Gasteiger partial charge in [0.05, 0.1) is 4.47 Å². The summed E-state index contributed by atoms with van der Waals surface area (Å²) in [5.74, 6) is 1.01. The van der Waals surface area contributed by atoms with Crippen LogP contribution in [0.5, 0.6) is 0 Å². The molecule has 0 unspecified atom stereocenters. The normalized spacial score (nSPS) is 17.8. The Bertz CT molecular complexity index is 339. The van der Waals surface area contributed by atoms with Crippen molar-refractivity contribution in [2.24, 2.45) is 0 Å². The molecule has 1 aromatic rings. The van der Waals surface area contributed by atoms with Crippen LogP contribution in [-0.2, 0) is 0 Å². The van der Waals surface area contributed by atoms with E-state index in [0.717, 1.165) is 48.3 Å². The van der Waals surface area contributed by atoms with Crippen molar-refractivity contribution in [3.8, 4) is 0 Å². The van der Waals surface area contributed by atoms with E-state index in [2.05, 4.69) is 51.6 Å². The number of aromatic nitrogens is 2. The quantitative estimate of drug-likeness (QED) is 0.778. The van der Waals surface area contributed by atoms with Gasteiger partial charge in [-0.3, -0.25) is 4.90 Å². The van der Waals surface area contributed by atoms with E-state index < -0.39 is 0 Å². The molecule has 1 aromatic heterocycles. The molecule has 2 rings (SSSR count). The molecule has 0 bridgehead atoms. The summed E-state index contributed by atoms with van der Waals surface area (Å²) in [6.07, 6.45) is 3.40. The summed E-state index contributed by atoms with van der Waals surface area (Å²) in [5.41, 5.74) is 0. The van der Waals surface area contributed by atoms with Gasteiger partial charge >= 0.3 is 0 Å². The molecule has 0 saturated carbocycles. The lowest BCUT2D eigenvalue weighted by Crippen LogP contribution is -2.47. The van der Waals surface area contributed by atoms with E-state index in [1.807, 2.05) is 0 Å². The summed E-state index contributed by atoms with van der Waals surface area (Å²) in [6, 6.07) is 0. The van der Waals surface area contributed by atoms with Gasteiger partial charge in [-0.15, -0.1) is 0 Å². The van der Waals surface area contributed by atoms with E-state index >= 15 is 0 Å². The van der Waals surface area contributed by atoms with Crippen molar-refractivity contribution < 1.29 is 0 Å². The van der Waals surface area contributed by atoms with Crippen LogP contribution in [0, 0.1) is 0 Å². The monoisotopic (exact) mass is 348 g/mol. The van der Waals surface area contributed by atoms with Crippen molar-refractivity contribution in [1.82, 2.24) is 14.9 Å². The van der Waals surface area contributed by atoms with Crippen molar-refractivity contribution >= 4 is 37.7 Å². The molecule has 6 heteroatoms. The van der Waals surface area contributed by atoms with Crippen molar-refractivity contribution in [2.75, 3.05) is 43.0 Å². The van der Waals surface area contributed by atoms with Gasteiger partial charge in [0.2, 0.25) is 0 Å². The number of hydrogen-bond acceptors (Lipinski definition) is 4. The summed E-state index contributed by atoms with van der Waals surface area (Å²) in [4.78, 5) is 13.1. The highest BCUT2D eigenvalue weighted by Gasteiger charge is 2.18. The zero-order chi connectivity index (χ0) is 11.4. The number of halogens is 2. The Labute approximate surface area is 112 Å². The first-order valence-electron chi connectivity index (χ1n) is 5.30. The topological polar surface area (TPSA) is 32.3 Å². The SMILES string of the molecule is BrCCN1CCN(c2ncncc2Br)CC1. The summed E-state index contributed by atoms with van der Waals surface area (Å²) >= 11 is 6.96. The average Bonchev–Trinajstić information content (AvgIpc) is 2.31. The minimum absolute atomic E-state index is 0.976. The van der Waals surface area contributed by atoms with Crippen LogP contribution in [0.2, 0.25) is 0 Å². The maximum absolute atomic E-state index is 4.31. The first-order valence-corrected chi connectivity index (χ1v) is 7.21. The number of nitrogens with zero attached hydrogens (tertiary/aromatic N) is 4. The second-order valence-corrected chi connectivity index (χ2v) is 5.36. The predicted molar refractivity (Wildman–Crippen MR) is 72.2 cm³/mol. The lowest BCUT2D eigenvalue weighted by atomic mass is 10.3. The number of anilines is 1. The first-order chi connectivity index (χ1) is 7.81. The fourth-order valence-corrected chi connectivity index (χ4v) is 2.81. The van der Waals surface area contributed by atoms with Gasteiger partial charge < -0.3 is 4.90 Å². The van der Waals surface area contributed by atoms with Crippen LogP contribution in [0.15, 0.2) is 17.0 Å². The maximum Gasteiger partial charge on any atom is 0.146 e. The molecule has 0 aromatic carbocycles. The Morgan fingerprint density at radius 1 is 1.25 bits per heavy atom. The molecule has 0 radical (unpaired) electrons. The van der Waals surface area contributed by atoms with E-state index in [9.17, 15) is 0 Å². The van der Waals surface area contributed by atoms with Gasteiger partial charge in [0.15, 0.2) is 0 Å². The van der Waals surface area contributed by atoms with Gasteiger partial charge in [0, 0.05) is 44.3 Å². The fraction of sp³-hybridized carbons (Fsp3) is 0.600. The number of rotatable bonds is 3. The highest BCUT2D eigenvalue weighted by atomic mass is 79.9. The molecular formula is C10H14Br2N4. The third-order valence-corrected chi connectivity index (χ3v) is 3.63. The van der Waals surface area contributed by atoms with E-state index in [4.69, 9.17) is 0 Å². The summed E-state index contributed by atoms with van der Waals surface area (Å²) in [5, 5.41) is 1.05. The fourth-order valence-electron chi connectivity index (χ4n) is 1.84. The van der Waals surface area contributed by atoms with E-state index in [-0.39, 0.29) is 0 Å². The summed E-state index contributed by atoms with van der Waals surface area (Å²) in [6.45, 7) is 5.38. The molecule has 4 nitrogen and oxygen atoms in total. The third kappa shape index (κ3) is 2.93. The molecule has 0 aliphatic carbocycles. The minimum Gasteiger partial charge on any atom is -0.353 e. The molecule has 1 aliphatic heterocycles. The Kier molecular flexibility index (Phi) is 4.55. The molecule has 0 atom stereocenters. The molecule has 1 saturated heterocycles. The van der Waals surface area contributed by atoms with Gasteiger partial charge in [-0.2, -0.15) is 0 Å². The van der Waals surface area contributed by atoms with Gasteiger partial charge in [-0.05, 0) is 15.9 Å². The first kappa shape index (κ1) is 12.3. The molecule has 2 heterocycles. The minimum atomic E-state index is 0.976. The van der Waals surface area contributed by atoms with Crippen LogP contribution in [-0.4, -0.2) is 52.9 Å². The van der Waals surface area contributed by atoms with Crippen LogP contribution in [0.1, 0.15) is 0 Å². The van der Waals surface area contributed by atoms with Gasteiger partial charge in [0.1, 0.15) is 12.1 Å². The lowest BCUT2D eigenvalue weighted by molar-refractivity contribution is 0.273. The molecule has 16 heavy (non-hydrogen) atoms. The molecule has 0 amide bonds. The van der Waals surface area contributed by atoms with E-state index in [1.165, 1.54) is 0 Å². The second kappa shape index (κ2) is 5.93. The Hall–Kier alpha value is -0.200. The summed E-state index contributed by atoms with van der Waals surface area (Å²) < 4.78 is 0.976. The lowest BCUT2D eigenvalue weighted by Gasteiger charge is -2.35. The Morgan fingerprint density at radius 2 is 2.00 bits per heavy atom. The molecule has 0 spiro atoms. The van der Waals surface area contributed by atoms with Crippen LogP contribution >= 0.6 is 31.9 Å². The maximum atomic E-state index is 4.31. The largest absolute Gasteiger partial charge is 0.353 e. The van der Waals surface area contributed by atoms with Gasteiger partial charge in [-0.25, -0.2) is 9.97 Å². The molecule has 88 valence electrons. The highest BCUT2D eigenvalue weighted by molar-refractivity contribution is 9.10. The van der Waals surface area contributed by atoms with Crippen LogP contribution in [0.3, 0.4) is 0 Å². The number of alkyl halides is 1. The zero-order valence-electron chi connectivity index (χ0n) is 8.94. The zero-order valence-corrected chi connectivity index (χ0v) is 12.1. The van der Waals surface area contributed by atoms with Gasteiger partial charge in [0.25, 0.3) is 0 Å². The van der Waals surface area contributed by atoms with Crippen molar-refractivity contribution in [2.45, 2.75) is 0 Å². The van der Waals surface area contributed by atoms with Gasteiger partial charge in [-0.1, -0.05) is 15.9 Å². The predicted octanol–water partition coefficient (Wildman–Crippen LogP) is 1.76. The summed E-state index contributed by atoms with van der Waals surface area (Å²) in [7, 11) is 0. The van der Waals surface area contributed by atoms with Crippen molar-refractivity contribution in [3.05, 3.63) is 17.0 Å². The smallest absolute Gasteiger partial charge is 0.146 e. The van der Waals surface area contributed by atoms with Crippen LogP contribution in [0.25, 0.3) is 0 Å². The van der Waals surface area contributed by atoms with Crippen molar-refractivity contribution in [1.29, 1.82) is 0 Å². The third-order valence-electron chi connectivity index (χ3n) is 2.72. The Morgan fingerprint density at radius 3 is 2.62 bits per heavy atom. The van der Waals surface area contributed by atoms with Crippen LogP contribution in [0.4, 0.5) is 5.82 Å². The standard InChI is InChI=1S/C10H14Br2N4/c11-1-2-15-3-5-16(6-4-15)10-9(12)7-13-8-14-10/h7-8H,1-6H2. The second-order valence-electron chi connectivity index (χ2n) is 3.71. The number of hydrogen-bond donors (Lipinski definition) is 0.